The summed E-state index contributed by atoms with van der Waals surface area (Å²) in [6.07, 6.45) is 0. The van der Waals surface area contributed by atoms with Crippen LogP contribution in [0.3, 0.4) is 0 Å². The molecule has 0 saturated heterocycles. The van der Waals surface area contributed by atoms with Gasteiger partial charge in [0, 0.05) is 5.39 Å². The van der Waals surface area contributed by atoms with Crippen LogP contribution in [0.15, 0.2) is 28.0 Å². The molecule has 90 valence electrons. The minimum atomic E-state index is -0.616. The normalized spacial score (nSPS) is 10.9. The second kappa shape index (κ2) is 4.04. The maximum atomic E-state index is 10.5. The zero-order valence-electron chi connectivity index (χ0n) is 8.66. The lowest BCUT2D eigenvalue weighted by atomic mass is 10.4. The van der Waals surface area contributed by atoms with E-state index in [4.69, 9.17) is 16.0 Å². The Morgan fingerprint density at radius 1 is 1.33 bits per heavy atom. The average Bonchev–Trinajstić information content (AvgIpc) is 2.97. The summed E-state index contributed by atoms with van der Waals surface area (Å²) in [6.45, 7) is 0. The van der Waals surface area contributed by atoms with Gasteiger partial charge < -0.3 is 4.42 Å². The topological polar surface area (TPSA) is 82.1 Å². The zero-order valence-corrected chi connectivity index (χ0v) is 10.2. The molecule has 0 fully saturated rings. The van der Waals surface area contributed by atoms with Crippen LogP contribution >= 0.6 is 22.9 Å². The van der Waals surface area contributed by atoms with Crippen molar-refractivity contribution in [2.45, 2.75) is 0 Å². The summed E-state index contributed by atoms with van der Waals surface area (Å²) >= 11 is 7.42. The Morgan fingerprint density at radius 2 is 2.17 bits per heavy atom. The van der Waals surface area contributed by atoms with Gasteiger partial charge in [0.1, 0.15) is 14.9 Å². The van der Waals surface area contributed by atoms with Crippen molar-refractivity contribution in [3.8, 4) is 11.6 Å². The Bertz CT molecular complexity index is 752. The molecule has 3 rings (SSSR count). The number of aromatic nitrogens is 2. The van der Waals surface area contributed by atoms with Gasteiger partial charge in [-0.25, -0.2) is 9.97 Å². The number of nitrogens with zero attached hydrogens (tertiary/aromatic N) is 3. The number of hydrogen-bond donors (Lipinski definition) is 0. The van der Waals surface area contributed by atoms with E-state index in [1.54, 1.807) is 0 Å². The number of fused-ring (bicyclic) bond motifs is 1. The number of halogens is 1. The largest absolute Gasteiger partial charge is 0.433 e. The molecule has 0 aliphatic rings. The summed E-state index contributed by atoms with van der Waals surface area (Å²) in [4.78, 5) is 18.9. The third-order valence-corrected chi connectivity index (χ3v) is 3.37. The second-order valence-corrected chi connectivity index (χ2v) is 4.63. The SMILES string of the molecule is O=[N+]([O-])c1ccc(-c2nc(Cl)c3ccsc3n2)o1. The van der Waals surface area contributed by atoms with Gasteiger partial charge in [-0.05, 0) is 17.5 Å². The molecule has 8 heteroatoms. The summed E-state index contributed by atoms with van der Waals surface area (Å²) in [6, 6.07) is 4.52. The maximum absolute atomic E-state index is 10.5. The molecule has 3 aromatic heterocycles. The second-order valence-electron chi connectivity index (χ2n) is 3.37. The van der Waals surface area contributed by atoms with Gasteiger partial charge in [0.25, 0.3) is 0 Å². The lowest BCUT2D eigenvalue weighted by Gasteiger charge is -1.97. The first-order valence-corrected chi connectivity index (χ1v) is 6.06. The quantitative estimate of drug-likeness (QED) is 0.408. The van der Waals surface area contributed by atoms with Crippen molar-refractivity contribution in [1.82, 2.24) is 9.97 Å². The first-order chi connectivity index (χ1) is 8.65. The molecule has 0 aliphatic carbocycles. The molecule has 0 atom stereocenters. The van der Waals surface area contributed by atoms with E-state index in [2.05, 4.69) is 9.97 Å². The number of nitro groups is 1. The van der Waals surface area contributed by atoms with Crippen LogP contribution in [0, 0.1) is 10.1 Å². The van der Waals surface area contributed by atoms with Crippen molar-refractivity contribution < 1.29 is 9.34 Å². The van der Waals surface area contributed by atoms with Gasteiger partial charge in [-0.1, -0.05) is 11.6 Å². The third kappa shape index (κ3) is 1.73. The summed E-state index contributed by atoms with van der Waals surface area (Å²) in [7, 11) is 0. The lowest BCUT2D eigenvalue weighted by Crippen LogP contribution is -1.88. The molecule has 0 N–H and O–H groups in total. The van der Waals surface area contributed by atoms with Crippen molar-refractivity contribution in [3.63, 3.8) is 0 Å². The van der Waals surface area contributed by atoms with Crippen molar-refractivity contribution in [2.75, 3.05) is 0 Å². The predicted octanol–water partition coefficient (Wildman–Crippen LogP) is 3.51. The van der Waals surface area contributed by atoms with Crippen LogP contribution < -0.4 is 0 Å². The van der Waals surface area contributed by atoms with Crippen LogP contribution in [0.4, 0.5) is 5.88 Å². The molecular weight excluding hydrogens is 278 g/mol. The maximum Gasteiger partial charge on any atom is 0.433 e. The van der Waals surface area contributed by atoms with Crippen molar-refractivity contribution in [3.05, 3.63) is 38.8 Å². The Balaban J connectivity index is 2.15. The molecule has 0 radical (unpaired) electrons. The van der Waals surface area contributed by atoms with E-state index in [-0.39, 0.29) is 17.5 Å². The third-order valence-electron chi connectivity index (χ3n) is 2.27. The highest BCUT2D eigenvalue weighted by molar-refractivity contribution is 7.16. The van der Waals surface area contributed by atoms with Gasteiger partial charge in [-0.15, -0.1) is 11.3 Å². The van der Waals surface area contributed by atoms with Gasteiger partial charge in [0.15, 0.2) is 11.6 Å². The minimum Gasteiger partial charge on any atom is -0.397 e. The molecule has 0 unspecified atom stereocenters. The Labute approximate surface area is 109 Å². The van der Waals surface area contributed by atoms with Gasteiger partial charge in [-0.2, -0.15) is 0 Å². The highest BCUT2D eigenvalue weighted by atomic mass is 35.5. The van der Waals surface area contributed by atoms with Crippen LogP contribution in [-0.2, 0) is 0 Å². The first-order valence-electron chi connectivity index (χ1n) is 4.80. The fourth-order valence-electron chi connectivity index (χ4n) is 1.48. The first kappa shape index (κ1) is 11.1. The highest BCUT2D eigenvalue weighted by Crippen LogP contribution is 2.30. The van der Waals surface area contributed by atoms with Crippen LogP contribution in [0.5, 0.6) is 0 Å². The van der Waals surface area contributed by atoms with Gasteiger partial charge >= 0.3 is 5.88 Å². The molecule has 3 heterocycles. The molecule has 6 nitrogen and oxygen atoms in total. The van der Waals surface area contributed by atoms with Gasteiger partial charge in [0.2, 0.25) is 0 Å². The van der Waals surface area contributed by atoms with Gasteiger partial charge in [0.05, 0.1) is 6.07 Å². The number of thiophene rings is 1. The predicted molar refractivity (Wildman–Crippen MR) is 66.8 cm³/mol. The van der Waals surface area contributed by atoms with Crippen molar-refractivity contribution >= 4 is 39.0 Å². The smallest absolute Gasteiger partial charge is 0.397 e. The standard InChI is InChI=1S/C10H4ClN3O3S/c11-8-5-3-4-18-10(5)13-9(12-8)6-1-2-7(17-6)14(15)16/h1-4H. The van der Waals surface area contributed by atoms with Crippen LogP contribution in [0.1, 0.15) is 0 Å². The molecule has 18 heavy (non-hydrogen) atoms. The average molecular weight is 282 g/mol. The molecule has 0 saturated carbocycles. The molecule has 0 bridgehead atoms. The molecule has 0 aromatic carbocycles. The van der Waals surface area contributed by atoms with E-state index >= 15 is 0 Å². The zero-order chi connectivity index (χ0) is 12.7. The number of hydrogen-bond acceptors (Lipinski definition) is 6. The van der Waals surface area contributed by atoms with Crippen LogP contribution in [0.25, 0.3) is 21.8 Å². The Morgan fingerprint density at radius 3 is 2.89 bits per heavy atom. The molecule has 0 spiro atoms. The molecule has 3 aromatic rings. The Hall–Kier alpha value is -1.99. The van der Waals surface area contributed by atoms with Crippen LogP contribution in [0.2, 0.25) is 5.15 Å². The minimum absolute atomic E-state index is 0.221. The van der Waals surface area contributed by atoms with E-state index < -0.39 is 4.92 Å². The monoisotopic (exact) mass is 281 g/mol. The number of rotatable bonds is 2. The van der Waals surface area contributed by atoms with E-state index in [9.17, 15) is 10.1 Å². The van der Waals surface area contributed by atoms with E-state index in [0.29, 0.717) is 9.98 Å². The molecular formula is C10H4ClN3O3S. The summed E-state index contributed by atoms with van der Waals surface area (Å²) < 4.78 is 5.03. The van der Waals surface area contributed by atoms with Gasteiger partial charge in [-0.3, -0.25) is 10.1 Å². The molecule has 0 aliphatic heterocycles. The summed E-state index contributed by atoms with van der Waals surface area (Å²) in [5.74, 6) is 0.109. The fraction of sp³-hybridized carbons (Fsp3) is 0. The highest BCUT2D eigenvalue weighted by Gasteiger charge is 2.16. The lowest BCUT2D eigenvalue weighted by molar-refractivity contribution is -0.401. The van der Waals surface area contributed by atoms with Crippen LogP contribution in [-0.4, -0.2) is 14.9 Å². The van der Waals surface area contributed by atoms with Crippen molar-refractivity contribution in [2.24, 2.45) is 0 Å². The Kier molecular flexibility index (Phi) is 2.49. The molecule has 0 amide bonds. The van der Waals surface area contributed by atoms with E-state index in [1.807, 2.05) is 11.4 Å². The number of furan rings is 1. The van der Waals surface area contributed by atoms with Crippen molar-refractivity contribution in [1.29, 1.82) is 0 Å². The fourth-order valence-corrected chi connectivity index (χ4v) is 2.53. The summed E-state index contributed by atoms with van der Waals surface area (Å²) in [5, 5.41) is 13.4. The van der Waals surface area contributed by atoms with E-state index in [1.165, 1.54) is 23.5 Å². The van der Waals surface area contributed by atoms with E-state index in [0.717, 1.165) is 5.39 Å². The summed E-state index contributed by atoms with van der Waals surface area (Å²) in [5.41, 5.74) is 0.